The first-order chi connectivity index (χ1) is 17.6. The van der Waals surface area contributed by atoms with Gasteiger partial charge in [0.1, 0.15) is 17.9 Å². The van der Waals surface area contributed by atoms with Gasteiger partial charge >= 0.3 is 11.0 Å². The zero-order valence-corrected chi connectivity index (χ0v) is 21.9. The molecule has 10 heteroatoms. The summed E-state index contributed by atoms with van der Waals surface area (Å²) in [7, 11) is 0. The quantitative estimate of drug-likeness (QED) is 0.310. The number of aromatic nitrogens is 1. The second-order valence-electron chi connectivity index (χ2n) is 9.52. The molecule has 198 valence electrons. The molecule has 0 aliphatic carbocycles. The molecule has 1 heterocycles. The lowest BCUT2D eigenvalue weighted by Gasteiger charge is -2.31. The third kappa shape index (κ3) is 7.68. The number of hydrogen-bond acceptors (Lipinski definition) is 7. The van der Waals surface area contributed by atoms with Gasteiger partial charge in [-0.2, -0.15) is 0 Å². The molecule has 0 aliphatic heterocycles. The minimum atomic E-state index is -0.534. The zero-order chi connectivity index (χ0) is 27.0. The second kappa shape index (κ2) is 12.6. The Labute approximate surface area is 219 Å². The molecule has 3 aromatic rings. The predicted octanol–water partition coefficient (Wildman–Crippen LogP) is 3.51. The van der Waals surface area contributed by atoms with E-state index in [1.54, 1.807) is 11.0 Å². The summed E-state index contributed by atoms with van der Waals surface area (Å²) in [5.41, 5.74) is 1.63. The maximum Gasteiger partial charge on any atom is 0.410 e. The van der Waals surface area contributed by atoms with E-state index in [1.807, 2.05) is 44.2 Å². The zero-order valence-electron chi connectivity index (χ0n) is 21.1. The summed E-state index contributed by atoms with van der Waals surface area (Å²) in [4.78, 5) is 42.7. The van der Waals surface area contributed by atoms with E-state index in [0.717, 1.165) is 22.5 Å². The number of fused-ring (bicyclic) bond motifs is 1. The first-order valence-electron chi connectivity index (χ1n) is 11.9. The maximum absolute atomic E-state index is 13.1. The van der Waals surface area contributed by atoms with Crippen molar-refractivity contribution >= 4 is 33.6 Å². The highest BCUT2D eigenvalue weighted by molar-refractivity contribution is 7.16. The van der Waals surface area contributed by atoms with E-state index < -0.39 is 11.5 Å². The Bertz CT molecular complexity index is 1280. The molecule has 0 saturated heterocycles. The van der Waals surface area contributed by atoms with Crippen molar-refractivity contribution in [2.45, 2.75) is 26.8 Å². The highest BCUT2D eigenvalue weighted by atomic mass is 32.1. The van der Waals surface area contributed by atoms with Crippen molar-refractivity contribution in [3.05, 3.63) is 75.9 Å². The van der Waals surface area contributed by atoms with Gasteiger partial charge in [0.2, 0.25) is 5.91 Å². The number of aromatic amines is 1. The molecule has 0 fully saturated rings. The Kier molecular flexibility index (Phi) is 9.48. The lowest BCUT2D eigenvalue weighted by molar-refractivity contribution is -0.128. The number of H-pyrrole nitrogens is 1. The Hall–Kier alpha value is -3.63. The van der Waals surface area contributed by atoms with E-state index >= 15 is 0 Å². The first kappa shape index (κ1) is 27.9. The van der Waals surface area contributed by atoms with Crippen LogP contribution in [0.2, 0.25) is 0 Å². The number of rotatable bonds is 12. The summed E-state index contributed by atoms with van der Waals surface area (Å²) in [6, 6.07) is 12.8. The van der Waals surface area contributed by atoms with E-state index in [2.05, 4.69) is 11.6 Å². The summed E-state index contributed by atoms with van der Waals surface area (Å²) in [5.74, 6) is -0.304. The van der Waals surface area contributed by atoms with Crippen molar-refractivity contribution in [2.75, 3.05) is 32.8 Å². The highest BCUT2D eigenvalue weighted by Gasteiger charge is 2.24. The smallest absolute Gasteiger partial charge is 0.410 e. The molecule has 3 N–H and O–H groups in total. The molecular formula is C27H33N3O6S. The molecule has 3 rings (SSSR count). The largest absolute Gasteiger partial charge is 0.506 e. The van der Waals surface area contributed by atoms with Gasteiger partial charge in [-0.3, -0.25) is 9.59 Å². The van der Waals surface area contributed by atoms with Gasteiger partial charge in [0.15, 0.2) is 0 Å². The van der Waals surface area contributed by atoms with Crippen LogP contribution in [0.4, 0.5) is 4.79 Å². The van der Waals surface area contributed by atoms with Crippen molar-refractivity contribution in [3.8, 4) is 5.75 Å². The number of phenols is 1. The number of carbonyl (C=O) groups is 2. The fourth-order valence-electron chi connectivity index (χ4n) is 3.86. The number of nitrogens with zero attached hydrogens (tertiary/aromatic N) is 2. The van der Waals surface area contributed by atoms with Gasteiger partial charge < -0.3 is 29.7 Å². The number of phenolic OH excluding ortho intramolecular Hbond substituents is 1. The van der Waals surface area contributed by atoms with Crippen LogP contribution < -0.4 is 4.87 Å². The molecule has 0 saturated carbocycles. The third-order valence-corrected chi connectivity index (χ3v) is 6.84. The number of benzene rings is 2. The van der Waals surface area contributed by atoms with Crippen LogP contribution in [0.3, 0.4) is 0 Å². The monoisotopic (exact) mass is 527 g/mol. The Balaban J connectivity index is 1.71. The van der Waals surface area contributed by atoms with Crippen LogP contribution in [-0.4, -0.2) is 69.8 Å². The lowest BCUT2D eigenvalue weighted by Crippen LogP contribution is -2.42. The predicted molar refractivity (Wildman–Crippen MR) is 144 cm³/mol. The van der Waals surface area contributed by atoms with Gasteiger partial charge in [-0.25, -0.2) is 4.79 Å². The van der Waals surface area contributed by atoms with Gasteiger partial charge in [-0.05, 0) is 29.7 Å². The summed E-state index contributed by atoms with van der Waals surface area (Å²) in [6.07, 6.45) is 1.11. The number of carbonyl (C=O) groups excluding carboxylic acids is 2. The van der Waals surface area contributed by atoms with Crippen LogP contribution in [0.1, 0.15) is 25.0 Å². The Morgan fingerprint density at radius 3 is 2.54 bits per heavy atom. The molecule has 0 atom stereocenters. The number of nitrogens with one attached hydrogen (secondary N) is 1. The minimum absolute atomic E-state index is 0.000604. The number of ether oxygens (including phenoxy) is 1. The molecule has 37 heavy (non-hydrogen) atoms. The molecule has 0 bridgehead atoms. The molecule has 1 aromatic heterocycles. The normalized spacial score (nSPS) is 11.3. The topological polar surface area (TPSA) is 123 Å². The number of thiazole rings is 1. The summed E-state index contributed by atoms with van der Waals surface area (Å²) in [6.45, 7) is 8.17. The Morgan fingerprint density at radius 1 is 1.14 bits per heavy atom. The van der Waals surface area contributed by atoms with Crippen molar-refractivity contribution in [3.63, 3.8) is 0 Å². The SMILES string of the molecule is C=CC(=O)N(CCOC(=O)N(CCc1ccc(O)c2[nH]c(=O)sc12)Cc1ccccc1)CC(C)(C)CO. The number of aliphatic hydroxyl groups excluding tert-OH is 1. The second-order valence-corrected chi connectivity index (χ2v) is 10.5. The van der Waals surface area contributed by atoms with Crippen LogP contribution >= 0.6 is 11.3 Å². The van der Waals surface area contributed by atoms with E-state index in [-0.39, 0.29) is 42.8 Å². The fourth-order valence-corrected chi connectivity index (χ4v) is 4.76. The third-order valence-electron chi connectivity index (χ3n) is 5.88. The van der Waals surface area contributed by atoms with Gasteiger partial charge in [-0.1, -0.05) is 68.2 Å². The summed E-state index contributed by atoms with van der Waals surface area (Å²) in [5, 5.41) is 19.6. The fraction of sp³-hybridized carbons (Fsp3) is 0.370. The summed E-state index contributed by atoms with van der Waals surface area (Å²) < 4.78 is 6.21. The molecule has 2 aromatic carbocycles. The van der Waals surface area contributed by atoms with Crippen LogP contribution in [0.25, 0.3) is 10.2 Å². The van der Waals surface area contributed by atoms with Crippen molar-refractivity contribution in [1.29, 1.82) is 0 Å². The molecule has 2 amide bonds. The maximum atomic E-state index is 13.1. The van der Waals surface area contributed by atoms with E-state index in [4.69, 9.17) is 4.74 Å². The number of aromatic hydroxyl groups is 1. The molecule has 0 radical (unpaired) electrons. The number of hydrogen-bond donors (Lipinski definition) is 3. The summed E-state index contributed by atoms with van der Waals surface area (Å²) >= 11 is 1.02. The van der Waals surface area contributed by atoms with Gasteiger partial charge in [0.05, 0.1) is 11.2 Å². The van der Waals surface area contributed by atoms with Crippen molar-refractivity contribution in [2.24, 2.45) is 5.41 Å². The van der Waals surface area contributed by atoms with E-state index in [1.165, 1.54) is 17.0 Å². The average molecular weight is 528 g/mol. The van der Waals surface area contributed by atoms with Gasteiger partial charge in [-0.15, -0.1) is 0 Å². The number of aliphatic hydroxyl groups is 1. The van der Waals surface area contributed by atoms with Gasteiger partial charge in [0, 0.05) is 31.7 Å². The van der Waals surface area contributed by atoms with Crippen LogP contribution in [0.5, 0.6) is 5.75 Å². The molecule has 9 nitrogen and oxygen atoms in total. The lowest BCUT2D eigenvalue weighted by atomic mass is 9.94. The van der Waals surface area contributed by atoms with E-state index in [0.29, 0.717) is 29.7 Å². The van der Waals surface area contributed by atoms with Crippen LogP contribution in [0.15, 0.2) is 59.9 Å². The van der Waals surface area contributed by atoms with Crippen LogP contribution in [0, 0.1) is 5.41 Å². The van der Waals surface area contributed by atoms with Crippen molar-refractivity contribution < 1.29 is 24.5 Å². The van der Waals surface area contributed by atoms with Crippen LogP contribution in [-0.2, 0) is 22.5 Å². The number of amides is 2. The Morgan fingerprint density at radius 2 is 1.86 bits per heavy atom. The van der Waals surface area contributed by atoms with Crippen molar-refractivity contribution in [1.82, 2.24) is 14.8 Å². The average Bonchev–Trinajstić information content (AvgIpc) is 3.29. The minimum Gasteiger partial charge on any atom is -0.506 e. The van der Waals surface area contributed by atoms with E-state index in [9.17, 15) is 24.6 Å². The molecule has 0 spiro atoms. The standard InChI is InChI=1S/C27H33N3O6S/c1-4-22(33)30(17-27(2,3)18-31)14-15-36-26(35)29(16-19-8-6-5-7-9-19)13-12-20-10-11-21(32)23-24(20)37-25(34)28-23/h4-11,31-32H,1,12-18H2,2-3H3,(H,28,34). The molecule has 0 unspecified atom stereocenters. The first-order valence-corrected chi connectivity index (χ1v) is 12.8. The van der Waals surface area contributed by atoms with Gasteiger partial charge in [0.25, 0.3) is 0 Å². The molecule has 0 aliphatic rings. The molecular weight excluding hydrogens is 494 g/mol. The highest BCUT2D eigenvalue weighted by Crippen LogP contribution is 2.28.